The van der Waals surface area contributed by atoms with Crippen molar-refractivity contribution >= 4 is 34.3 Å². The van der Waals surface area contributed by atoms with Crippen molar-refractivity contribution in [2.75, 3.05) is 0 Å². The van der Waals surface area contributed by atoms with Gasteiger partial charge in [0.15, 0.2) is 0 Å². The number of rotatable bonds is 9. The second-order valence-electron chi connectivity index (χ2n) is 11.8. The molecule has 0 aliphatic rings. The van der Waals surface area contributed by atoms with Gasteiger partial charge in [-0.15, -0.1) is 0 Å². The molecule has 2 nitrogen and oxygen atoms in total. The van der Waals surface area contributed by atoms with Crippen LogP contribution in [0.1, 0.15) is 33.4 Å². The molecule has 7 aromatic rings. The van der Waals surface area contributed by atoms with Gasteiger partial charge in [0.2, 0.25) is 0 Å². The summed E-state index contributed by atoms with van der Waals surface area (Å²) in [5.74, 6) is 0.462. The monoisotopic (exact) mass is 628 g/mol. The Kier molecular flexibility index (Phi) is 9.48. The lowest BCUT2D eigenvalue weighted by molar-refractivity contribution is 1.42. The molecule has 2 heteroatoms. The SMILES string of the molecule is NC(=Nc1ccccc1/C(=C(/C(=Cc1ccccc1)c1ccccc1)c1ccccc1)c1ccccc1)c1ccc(-c2ccccc2)cc1. The Morgan fingerprint density at radius 2 is 0.878 bits per heavy atom. The Labute approximate surface area is 288 Å². The van der Waals surface area contributed by atoms with Crippen LogP contribution in [-0.4, -0.2) is 5.84 Å². The zero-order chi connectivity index (χ0) is 33.3. The molecule has 0 bridgehead atoms. The quantitative estimate of drug-likeness (QED) is 0.0734. The summed E-state index contributed by atoms with van der Waals surface area (Å²) >= 11 is 0. The molecule has 0 spiro atoms. The molecule has 0 unspecified atom stereocenters. The first-order valence-corrected chi connectivity index (χ1v) is 16.5. The second-order valence-corrected chi connectivity index (χ2v) is 11.8. The molecular weight excluding hydrogens is 593 g/mol. The molecule has 0 aromatic heterocycles. The van der Waals surface area contributed by atoms with Crippen LogP contribution in [0.15, 0.2) is 205 Å². The molecule has 0 amide bonds. The molecule has 0 atom stereocenters. The zero-order valence-electron chi connectivity index (χ0n) is 27.2. The summed E-state index contributed by atoms with van der Waals surface area (Å²) in [5.41, 5.74) is 19.5. The van der Waals surface area contributed by atoms with Crippen molar-refractivity contribution in [3.63, 3.8) is 0 Å². The van der Waals surface area contributed by atoms with Crippen molar-refractivity contribution in [3.8, 4) is 11.1 Å². The van der Waals surface area contributed by atoms with Gasteiger partial charge in [-0.05, 0) is 62.2 Å². The third-order valence-electron chi connectivity index (χ3n) is 8.54. The molecule has 0 fully saturated rings. The lowest BCUT2D eigenvalue weighted by atomic mass is 9.82. The molecule has 0 aliphatic carbocycles. The maximum absolute atomic E-state index is 6.79. The van der Waals surface area contributed by atoms with E-state index in [2.05, 4.69) is 182 Å². The molecule has 7 aromatic carbocycles. The Morgan fingerprint density at radius 3 is 1.49 bits per heavy atom. The second kappa shape index (κ2) is 14.9. The Balaban J connectivity index is 1.47. The number of nitrogens with zero attached hydrogens (tertiary/aromatic N) is 1. The van der Waals surface area contributed by atoms with Crippen molar-refractivity contribution in [1.29, 1.82) is 0 Å². The minimum atomic E-state index is 0.462. The van der Waals surface area contributed by atoms with E-state index in [1.54, 1.807) is 0 Å². The zero-order valence-corrected chi connectivity index (χ0v) is 27.2. The van der Waals surface area contributed by atoms with Crippen LogP contribution in [0.5, 0.6) is 0 Å². The van der Waals surface area contributed by atoms with E-state index >= 15 is 0 Å². The van der Waals surface area contributed by atoms with Crippen LogP contribution in [-0.2, 0) is 0 Å². The smallest absolute Gasteiger partial charge is 0.131 e. The van der Waals surface area contributed by atoms with Gasteiger partial charge >= 0.3 is 0 Å². The molecule has 49 heavy (non-hydrogen) atoms. The first kappa shape index (κ1) is 31.1. The summed E-state index contributed by atoms with van der Waals surface area (Å²) in [6.45, 7) is 0. The molecule has 0 saturated carbocycles. The molecule has 0 heterocycles. The van der Waals surface area contributed by atoms with Crippen LogP contribution in [0.4, 0.5) is 5.69 Å². The first-order chi connectivity index (χ1) is 24.2. The van der Waals surface area contributed by atoms with Crippen molar-refractivity contribution in [2.24, 2.45) is 10.7 Å². The fraction of sp³-hybridized carbons (Fsp3) is 0. The van der Waals surface area contributed by atoms with Crippen molar-refractivity contribution < 1.29 is 0 Å². The summed E-state index contributed by atoms with van der Waals surface area (Å²) in [6, 6.07) is 69.3. The average molecular weight is 629 g/mol. The van der Waals surface area contributed by atoms with E-state index in [0.717, 1.165) is 61.4 Å². The van der Waals surface area contributed by atoms with Crippen LogP contribution < -0.4 is 5.73 Å². The highest BCUT2D eigenvalue weighted by Crippen LogP contribution is 2.44. The number of hydrogen-bond acceptors (Lipinski definition) is 1. The van der Waals surface area contributed by atoms with Gasteiger partial charge < -0.3 is 5.73 Å². The normalized spacial score (nSPS) is 12.3. The van der Waals surface area contributed by atoms with E-state index in [1.165, 1.54) is 5.56 Å². The number of amidine groups is 1. The van der Waals surface area contributed by atoms with Crippen LogP contribution in [0.3, 0.4) is 0 Å². The van der Waals surface area contributed by atoms with E-state index in [4.69, 9.17) is 10.7 Å². The first-order valence-electron chi connectivity index (χ1n) is 16.5. The van der Waals surface area contributed by atoms with E-state index in [1.807, 2.05) is 24.3 Å². The number of hydrogen-bond donors (Lipinski definition) is 1. The molecular formula is C47H36N2. The van der Waals surface area contributed by atoms with Crippen LogP contribution in [0.25, 0.3) is 33.9 Å². The summed E-state index contributed by atoms with van der Waals surface area (Å²) in [5, 5.41) is 0. The summed E-state index contributed by atoms with van der Waals surface area (Å²) in [7, 11) is 0. The van der Waals surface area contributed by atoms with Crippen LogP contribution in [0, 0.1) is 0 Å². The maximum Gasteiger partial charge on any atom is 0.131 e. The molecule has 234 valence electrons. The van der Waals surface area contributed by atoms with Crippen LogP contribution in [0.2, 0.25) is 0 Å². The van der Waals surface area contributed by atoms with Gasteiger partial charge in [-0.2, -0.15) is 0 Å². The van der Waals surface area contributed by atoms with Gasteiger partial charge in [-0.25, -0.2) is 4.99 Å². The molecule has 0 aliphatic heterocycles. The predicted molar refractivity (Wildman–Crippen MR) is 208 cm³/mol. The van der Waals surface area contributed by atoms with E-state index in [9.17, 15) is 0 Å². The standard InChI is InChI=1S/C47H36N2/c48-47(41-32-30-37(31-33-41)36-20-8-2-9-21-36)49-44-29-17-16-28-42(44)45(39-24-12-4-13-25-39)46(40-26-14-5-15-27-40)43(38-22-10-3-11-23-38)34-35-18-6-1-7-19-35/h1-34H,(H2,48,49)/b43-34?,46-45+. The summed E-state index contributed by atoms with van der Waals surface area (Å²) in [4.78, 5) is 5.11. The van der Waals surface area contributed by atoms with Gasteiger partial charge in [-0.3, -0.25) is 0 Å². The van der Waals surface area contributed by atoms with E-state index in [-0.39, 0.29) is 0 Å². The fourth-order valence-electron chi connectivity index (χ4n) is 6.15. The molecule has 2 N–H and O–H groups in total. The van der Waals surface area contributed by atoms with Gasteiger partial charge in [0.1, 0.15) is 5.84 Å². The number of aliphatic imine (C=N–C) groups is 1. The van der Waals surface area contributed by atoms with Gasteiger partial charge in [0.05, 0.1) is 5.69 Å². The lowest BCUT2D eigenvalue weighted by Crippen LogP contribution is -2.12. The number of benzene rings is 7. The molecule has 0 radical (unpaired) electrons. The average Bonchev–Trinajstić information content (AvgIpc) is 3.18. The Morgan fingerprint density at radius 1 is 0.408 bits per heavy atom. The lowest BCUT2D eigenvalue weighted by Gasteiger charge is -2.22. The van der Waals surface area contributed by atoms with Crippen LogP contribution >= 0.6 is 0 Å². The Hall–Kier alpha value is -6.51. The summed E-state index contributed by atoms with van der Waals surface area (Å²) < 4.78 is 0. The predicted octanol–water partition coefficient (Wildman–Crippen LogP) is 11.6. The number of para-hydroxylation sites is 1. The minimum absolute atomic E-state index is 0.462. The van der Waals surface area contributed by atoms with E-state index < -0.39 is 0 Å². The highest BCUT2D eigenvalue weighted by atomic mass is 14.9. The fourth-order valence-corrected chi connectivity index (χ4v) is 6.15. The van der Waals surface area contributed by atoms with E-state index in [0.29, 0.717) is 5.84 Å². The highest BCUT2D eigenvalue weighted by molar-refractivity contribution is 6.22. The summed E-state index contributed by atoms with van der Waals surface area (Å²) in [6.07, 6.45) is 2.29. The van der Waals surface area contributed by atoms with Crippen molar-refractivity contribution in [1.82, 2.24) is 0 Å². The topological polar surface area (TPSA) is 38.4 Å². The maximum atomic E-state index is 6.79. The molecule has 7 rings (SSSR count). The minimum Gasteiger partial charge on any atom is -0.383 e. The third-order valence-corrected chi connectivity index (χ3v) is 8.54. The number of allylic oxidation sites excluding steroid dienone is 2. The van der Waals surface area contributed by atoms with Gasteiger partial charge in [-0.1, -0.05) is 194 Å². The highest BCUT2D eigenvalue weighted by Gasteiger charge is 2.21. The Bertz CT molecular complexity index is 2220. The van der Waals surface area contributed by atoms with Gasteiger partial charge in [0, 0.05) is 11.1 Å². The largest absolute Gasteiger partial charge is 0.383 e. The third kappa shape index (κ3) is 7.25. The molecule has 0 saturated heterocycles. The van der Waals surface area contributed by atoms with Gasteiger partial charge in [0.25, 0.3) is 0 Å². The van der Waals surface area contributed by atoms with Crippen molar-refractivity contribution in [2.45, 2.75) is 0 Å². The number of nitrogens with two attached hydrogens (primary N) is 1. The van der Waals surface area contributed by atoms with Crippen molar-refractivity contribution in [3.05, 3.63) is 234 Å².